The molecule has 264 valence electrons. The SMILES string of the molecule is C/C=C(/C)C(=O)O[C@H]1C(C)=C2[C@H]([C@@H]1OC(=O)CCC[C@H](O)CCC)[C@@](C)(OC(C)=O)C[C@H](OC(=O)CCC)[C@@]1(O)[C@H]2OC(=O)[C@@]1(C)O. The number of rotatable bonds is 13. The fourth-order valence-electron chi connectivity index (χ4n) is 6.99. The highest BCUT2D eigenvalue weighted by Crippen LogP contribution is 2.57. The van der Waals surface area contributed by atoms with E-state index in [4.69, 9.17) is 23.7 Å². The van der Waals surface area contributed by atoms with Crippen LogP contribution in [0.5, 0.6) is 0 Å². The zero-order chi connectivity index (χ0) is 35.5. The summed E-state index contributed by atoms with van der Waals surface area (Å²) >= 11 is 0. The van der Waals surface area contributed by atoms with Crippen molar-refractivity contribution in [3.8, 4) is 0 Å². The fourth-order valence-corrected chi connectivity index (χ4v) is 6.99. The zero-order valence-electron chi connectivity index (χ0n) is 28.6. The van der Waals surface area contributed by atoms with Crippen LogP contribution in [0.3, 0.4) is 0 Å². The summed E-state index contributed by atoms with van der Waals surface area (Å²) in [5, 5.41) is 34.0. The number of fused-ring (bicyclic) bond motifs is 3. The number of carbonyl (C=O) groups is 5. The van der Waals surface area contributed by atoms with Gasteiger partial charge in [-0.05, 0) is 71.4 Å². The van der Waals surface area contributed by atoms with Gasteiger partial charge in [0, 0.05) is 31.8 Å². The molecule has 9 atom stereocenters. The number of hydrogen-bond acceptors (Lipinski definition) is 13. The Morgan fingerprint density at radius 2 is 1.64 bits per heavy atom. The fraction of sp³-hybridized carbons (Fsp3) is 0.735. The first-order valence-corrected chi connectivity index (χ1v) is 16.4. The molecule has 0 aromatic heterocycles. The Balaban J connectivity index is 2.22. The van der Waals surface area contributed by atoms with E-state index in [0.29, 0.717) is 25.7 Å². The van der Waals surface area contributed by atoms with Crippen LogP contribution in [0.15, 0.2) is 22.8 Å². The minimum Gasteiger partial charge on any atom is -0.459 e. The molecule has 0 amide bonds. The van der Waals surface area contributed by atoms with Crippen LogP contribution in [0.2, 0.25) is 0 Å². The van der Waals surface area contributed by atoms with Crippen LogP contribution in [-0.4, -0.2) is 92.5 Å². The Hall–Kier alpha value is -3.29. The van der Waals surface area contributed by atoms with E-state index in [2.05, 4.69) is 0 Å². The van der Waals surface area contributed by atoms with Crippen LogP contribution < -0.4 is 0 Å². The molecule has 13 nitrogen and oxygen atoms in total. The average Bonchev–Trinajstić information content (AvgIpc) is 3.30. The summed E-state index contributed by atoms with van der Waals surface area (Å²) in [6.07, 6.45) is -3.17. The smallest absolute Gasteiger partial charge is 0.341 e. The van der Waals surface area contributed by atoms with Crippen molar-refractivity contribution in [3.05, 3.63) is 22.8 Å². The van der Waals surface area contributed by atoms with Gasteiger partial charge >= 0.3 is 29.8 Å². The molecule has 3 rings (SSSR count). The number of ether oxygens (including phenoxy) is 5. The molecule has 0 bridgehead atoms. The van der Waals surface area contributed by atoms with Gasteiger partial charge in [-0.2, -0.15) is 0 Å². The Morgan fingerprint density at radius 3 is 2.21 bits per heavy atom. The highest BCUT2D eigenvalue weighted by atomic mass is 16.6. The third-order valence-electron chi connectivity index (χ3n) is 9.57. The van der Waals surface area contributed by atoms with Crippen molar-refractivity contribution in [1.82, 2.24) is 0 Å². The molecule has 3 N–H and O–H groups in total. The summed E-state index contributed by atoms with van der Waals surface area (Å²) in [5.74, 6) is -5.30. The monoisotopic (exact) mass is 666 g/mol. The third-order valence-corrected chi connectivity index (χ3v) is 9.57. The van der Waals surface area contributed by atoms with Gasteiger partial charge in [0.25, 0.3) is 0 Å². The average molecular weight is 667 g/mol. The largest absolute Gasteiger partial charge is 0.459 e. The quantitative estimate of drug-likeness (QED) is 0.113. The molecule has 2 fully saturated rings. The molecule has 47 heavy (non-hydrogen) atoms. The molecule has 13 heteroatoms. The van der Waals surface area contributed by atoms with E-state index < -0.39 is 89.5 Å². The van der Waals surface area contributed by atoms with Gasteiger partial charge in [0.2, 0.25) is 0 Å². The molecule has 0 radical (unpaired) electrons. The normalized spacial score (nSPS) is 34.1. The second-order valence-electron chi connectivity index (χ2n) is 13.2. The molecule has 0 unspecified atom stereocenters. The van der Waals surface area contributed by atoms with E-state index in [1.54, 1.807) is 20.8 Å². The summed E-state index contributed by atoms with van der Waals surface area (Å²) in [4.78, 5) is 65.1. The predicted molar refractivity (Wildman–Crippen MR) is 165 cm³/mol. The molecule has 1 saturated carbocycles. The summed E-state index contributed by atoms with van der Waals surface area (Å²) in [7, 11) is 0. The van der Waals surface area contributed by atoms with E-state index in [0.717, 1.165) is 20.3 Å². The van der Waals surface area contributed by atoms with Crippen molar-refractivity contribution in [2.24, 2.45) is 5.92 Å². The first-order valence-electron chi connectivity index (χ1n) is 16.4. The lowest BCUT2D eigenvalue weighted by atomic mass is 9.75. The summed E-state index contributed by atoms with van der Waals surface area (Å²) in [5.41, 5.74) is -6.33. The summed E-state index contributed by atoms with van der Waals surface area (Å²) < 4.78 is 29.2. The standard InChI is InChI=1S/C34H50O13/c1-9-13-21(36)15-12-16-24(38)44-28-26-25(19(5)27(28)45-30(39)18(4)11-3)29-34(42,33(8,41)31(40)46-29)22(43-23(37)14-10-2)17-32(26,7)47-20(6)35/h11,21-22,26-29,36,41-42H,9-10,12-17H2,1-8H3/b18-11-/t21-,22+,26-,27+,28+,29+,32+,33-,34-/m1/s1. The van der Waals surface area contributed by atoms with Gasteiger partial charge in [-0.15, -0.1) is 0 Å². The van der Waals surface area contributed by atoms with Crippen LogP contribution >= 0.6 is 0 Å². The first kappa shape index (κ1) is 38.2. The van der Waals surface area contributed by atoms with Gasteiger partial charge < -0.3 is 39.0 Å². The molecular formula is C34H50O13. The lowest BCUT2D eigenvalue weighted by Gasteiger charge is -2.41. The summed E-state index contributed by atoms with van der Waals surface area (Å²) in [6.45, 7) is 12.1. The molecule has 0 aromatic carbocycles. The van der Waals surface area contributed by atoms with Crippen LogP contribution in [0.1, 0.15) is 107 Å². The maximum absolute atomic E-state index is 13.4. The molecule has 0 spiro atoms. The van der Waals surface area contributed by atoms with Crippen LogP contribution in [0, 0.1) is 5.92 Å². The van der Waals surface area contributed by atoms with Crippen LogP contribution in [0.4, 0.5) is 0 Å². The number of esters is 5. The van der Waals surface area contributed by atoms with Crippen molar-refractivity contribution in [3.63, 3.8) is 0 Å². The van der Waals surface area contributed by atoms with Crippen LogP contribution in [0.25, 0.3) is 0 Å². The van der Waals surface area contributed by atoms with E-state index in [-0.39, 0.29) is 29.6 Å². The number of aliphatic hydroxyl groups excluding tert-OH is 1. The molecule has 1 saturated heterocycles. The lowest BCUT2D eigenvalue weighted by Crippen LogP contribution is -2.64. The van der Waals surface area contributed by atoms with Gasteiger partial charge in [0.05, 0.1) is 12.0 Å². The van der Waals surface area contributed by atoms with Gasteiger partial charge in [-0.25, -0.2) is 9.59 Å². The molecule has 1 heterocycles. The minimum atomic E-state index is -2.60. The molecular weight excluding hydrogens is 616 g/mol. The minimum absolute atomic E-state index is 0.0425. The number of hydrogen-bond donors (Lipinski definition) is 3. The number of allylic oxidation sites excluding steroid dienone is 1. The lowest BCUT2D eigenvalue weighted by molar-refractivity contribution is -0.212. The Morgan fingerprint density at radius 1 is 1.00 bits per heavy atom. The van der Waals surface area contributed by atoms with E-state index in [1.165, 1.54) is 19.9 Å². The van der Waals surface area contributed by atoms with Gasteiger partial charge in [0.15, 0.2) is 29.5 Å². The van der Waals surface area contributed by atoms with Crippen molar-refractivity contribution >= 4 is 29.8 Å². The van der Waals surface area contributed by atoms with Crippen molar-refractivity contribution in [2.75, 3.05) is 0 Å². The van der Waals surface area contributed by atoms with E-state index in [9.17, 15) is 39.3 Å². The van der Waals surface area contributed by atoms with Crippen molar-refractivity contribution in [2.45, 2.75) is 154 Å². The molecule has 3 aliphatic rings. The van der Waals surface area contributed by atoms with Crippen molar-refractivity contribution < 1.29 is 63.0 Å². The van der Waals surface area contributed by atoms with Gasteiger partial charge in [-0.1, -0.05) is 26.3 Å². The van der Waals surface area contributed by atoms with E-state index >= 15 is 0 Å². The Kier molecular flexibility index (Phi) is 12.1. The summed E-state index contributed by atoms with van der Waals surface area (Å²) in [6, 6.07) is 0. The number of aliphatic hydroxyl groups is 3. The maximum atomic E-state index is 13.4. The van der Waals surface area contributed by atoms with Gasteiger partial charge in [0.1, 0.15) is 11.7 Å². The highest BCUT2D eigenvalue weighted by molar-refractivity contribution is 5.88. The predicted octanol–water partition coefficient (Wildman–Crippen LogP) is 2.90. The third kappa shape index (κ3) is 7.41. The first-order chi connectivity index (χ1) is 21.9. The van der Waals surface area contributed by atoms with E-state index in [1.807, 2.05) is 6.92 Å². The second-order valence-corrected chi connectivity index (χ2v) is 13.2. The topological polar surface area (TPSA) is 192 Å². The maximum Gasteiger partial charge on any atom is 0.341 e. The Bertz CT molecular complexity index is 1300. The molecule has 2 aliphatic carbocycles. The highest BCUT2D eigenvalue weighted by Gasteiger charge is 2.76. The van der Waals surface area contributed by atoms with Crippen LogP contribution in [-0.2, 0) is 47.7 Å². The Labute approximate surface area is 275 Å². The molecule has 0 aromatic rings. The van der Waals surface area contributed by atoms with Gasteiger partial charge in [-0.3, -0.25) is 14.4 Å². The van der Waals surface area contributed by atoms with Crippen molar-refractivity contribution in [1.29, 1.82) is 0 Å². The number of carbonyl (C=O) groups excluding carboxylic acids is 5. The second kappa shape index (κ2) is 14.9. The zero-order valence-corrected chi connectivity index (χ0v) is 28.6. The molecule has 1 aliphatic heterocycles.